The van der Waals surface area contributed by atoms with E-state index >= 15 is 0 Å². The molecule has 0 unspecified atom stereocenters. The highest BCUT2D eigenvalue weighted by atomic mass is 79.9. The zero-order valence-corrected chi connectivity index (χ0v) is 12.4. The van der Waals surface area contributed by atoms with Crippen LogP contribution in [0.2, 0.25) is 0 Å². The Hall–Kier alpha value is -1.12. The van der Waals surface area contributed by atoms with E-state index in [1.165, 1.54) is 16.7 Å². The Kier molecular flexibility index (Phi) is 4.56. The van der Waals surface area contributed by atoms with Crippen LogP contribution in [-0.4, -0.2) is 0 Å². The van der Waals surface area contributed by atoms with Crippen LogP contribution in [-0.2, 0) is 6.54 Å². The van der Waals surface area contributed by atoms with E-state index in [1.54, 1.807) is 0 Å². The molecule has 0 radical (unpaired) electrons. The lowest BCUT2D eigenvalue weighted by Crippen LogP contribution is -2.18. The topological polar surface area (TPSA) is 12.0 Å². The normalized spacial score (nSPS) is 12.4. The molecule has 0 heterocycles. The first-order valence-electron chi connectivity index (χ1n) is 6.20. The maximum Gasteiger partial charge on any atom is 0.0297 e. The van der Waals surface area contributed by atoms with Gasteiger partial charge in [0.1, 0.15) is 0 Å². The molecule has 0 aliphatic carbocycles. The van der Waals surface area contributed by atoms with Crippen LogP contribution in [0.25, 0.3) is 0 Å². The number of halogens is 1. The third-order valence-corrected chi connectivity index (χ3v) is 3.65. The largest absolute Gasteiger partial charge is 0.306 e. The smallest absolute Gasteiger partial charge is 0.0297 e. The summed E-state index contributed by atoms with van der Waals surface area (Å²) in [6, 6.07) is 17.3. The number of nitrogens with one attached hydrogen (secondary N) is 1. The van der Waals surface area contributed by atoms with Gasteiger partial charge >= 0.3 is 0 Å². The summed E-state index contributed by atoms with van der Waals surface area (Å²) < 4.78 is 1.13. The molecule has 0 saturated carbocycles. The zero-order chi connectivity index (χ0) is 13.0. The van der Waals surface area contributed by atoms with Crippen molar-refractivity contribution in [3.05, 3.63) is 69.7 Å². The Morgan fingerprint density at radius 1 is 1.11 bits per heavy atom. The molecular weight excluding hydrogens is 286 g/mol. The van der Waals surface area contributed by atoms with Gasteiger partial charge in [0.2, 0.25) is 0 Å². The van der Waals surface area contributed by atoms with Crippen LogP contribution in [0, 0.1) is 6.92 Å². The molecule has 18 heavy (non-hydrogen) atoms. The van der Waals surface area contributed by atoms with Gasteiger partial charge in [-0.15, -0.1) is 0 Å². The van der Waals surface area contributed by atoms with Gasteiger partial charge in [-0.3, -0.25) is 0 Å². The molecular formula is C16H18BrN. The molecule has 1 nitrogen and oxygen atoms in total. The molecule has 0 spiro atoms. The van der Waals surface area contributed by atoms with Crippen LogP contribution in [0.5, 0.6) is 0 Å². The highest BCUT2D eigenvalue weighted by Gasteiger charge is 2.06. The Morgan fingerprint density at radius 3 is 2.61 bits per heavy atom. The van der Waals surface area contributed by atoms with Gasteiger partial charge in [0.25, 0.3) is 0 Å². The summed E-state index contributed by atoms with van der Waals surface area (Å²) >= 11 is 3.50. The highest BCUT2D eigenvalue weighted by Crippen LogP contribution is 2.18. The third-order valence-electron chi connectivity index (χ3n) is 3.16. The van der Waals surface area contributed by atoms with Crippen molar-refractivity contribution >= 4 is 15.9 Å². The summed E-state index contributed by atoms with van der Waals surface area (Å²) in [5.41, 5.74) is 4.00. The molecule has 94 valence electrons. The molecule has 0 aromatic heterocycles. The van der Waals surface area contributed by atoms with Crippen molar-refractivity contribution in [2.75, 3.05) is 0 Å². The second-order valence-electron chi connectivity index (χ2n) is 4.59. The summed E-state index contributed by atoms with van der Waals surface area (Å²) in [5, 5.41) is 3.56. The van der Waals surface area contributed by atoms with Crippen molar-refractivity contribution in [3.63, 3.8) is 0 Å². The van der Waals surface area contributed by atoms with Gasteiger partial charge in [-0.05, 0) is 42.7 Å². The second-order valence-corrected chi connectivity index (χ2v) is 5.50. The highest BCUT2D eigenvalue weighted by molar-refractivity contribution is 9.10. The van der Waals surface area contributed by atoms with Crippen LogP contribution < -0.4 is 5.32 Å². The lowest BCUT2D eigenvalue weighted by atomic mass is 10.0. The molecule has 0 bridgehead atoms. The Bertz CT molecular complexity index is 522. The maximum absolute atomic E-state index is 3.56. The van der Waals surface area contributed by atoms with Crippen LogP contribution in [0.3, 0.4) is 0 Å². The molecule has 0 aliphatic heterocycles. The summed E-state index contributed by atoms with van der Waals surface area (Å²) in [6.45, 7) is 5.25. The number of hydrogen-bond donors (Lipinski definition) is 1. The van der Waals surface area contributed by atoms with Crippen LogP contribution >= 0.6 is 15.9 Å². The minimum Gasteiger partial charge on any atom is -0.306 e. The van der Waals surface area contributed by atoms with Crippen molar-refractivity contribution in [2.24, 2.45) is 0 Å². The quantitative estimate of drug-likeness (QED) is 0.870. The molecule has 2 rings (SSSR count). The van der Waals surface area contributed by atoms with E-state index in [9.17, 15) is 0 Å². The van der Waals surface area contributed by atoms with E-state index in [2.05, 4.69) is 77.6 Å². The van der Waals surface area contributed by atoms with Crippen molar-refractivity contribution < 1.29 is 0 Å². The van der Waals surface area contributed by atoms with E-state index in [0.717, 1.165) is 11.0 Å². The Morgan fingerprint density at radius 2 is 1.89 bits per heavy atom. The zero-order valence-electron chi connectivity index (χ0n) is 10.8. The third kappa shape index (κ3) is 3.44. The van der Waals surface area contributed by atoms with E-state index in [0.29, 0.717) is 6.04 Å². The molecule has 2 aromatic rings. The van der Waals surface area contributed by atoms with E-state index < -0.39 is 0 Å². The predicted molar refractivity (Wildman–Crippen MR) is 80.6 cm³/mol. The molecule has 2 heteroatoms. The summed E-state index contributed by atoms with van der Waals surface area (Å²) in [4.78, 5) is 0. The van der Waals surface area contributed by atoms with Crippen molar-refractivity contribution in [1.29, 1.82) is 0 Å². The fourth-order valence-electron chi connectivity index (χ4n) is 2.10. The monoisotopic (exact) mass is 303 g/mol. The first-order chi connectivity index (χ1) is 8.66. The number of aryl methyl sites for hydroxylation is 1. The predicted octanol–water partition coefficient (Wildman–Crippen LogP) is 4.61. The standard InChI is InChI=1S/C16H18BrN/c1-12-6-3-4-9-16(12)13(2)18-11-14-7-5-8-15(17)10-14/h3-10,13,18H,11H2,1-2H3/t13-/m1/s1. The Balaban J connectivity index is 2.00. The lowest BCUT2D eigenvalue weighted by Gasteiger charge is -2.16. The average Bonchev–Trinajstić information content (AvgIpc) is 2.37. The molecule has 0 amide bonds. The maximum atomic E-state index is 3.56. The minimum atomic E-state index is 0.366. The van der Waals surface area contributed by atoms with Crippen molar-refractivity contribution in [3.8, 4) is 0 Å². The lowest BCUT2D eigenvalue weighted by molar-refractivity contribution is 0.572. The SMILES string of the molecule is Cc1ccccc1[C@@H](C)NCc1cccc(Br)c1. The fraction of sp³-hybridized carbons (Fsp3) is 0.250. The van der Waals surface area contributed by atoms with Gasteiger partial charge in [-0.2, -0.15) is 0 Å². The number of benzene rings is 2. The molecule has 2 aromatic carbocycles. The molecule has 0 saturated heterocycles. The number of rotatable bonds is 4. The first kappa shape index (κ1) is 13.3. The molecule has 0 fully saturated rings. The second kappa shape index (κ2) is 6.17. The average molecular weight is 304 g/mol. The van der Waals surface area contributed by atoms with E-state index in [-0.39, 0.29) is 0 Å². The minimum absolute atomic E-state index is 0.366. The van der Waals surface area contributed by atoms with Gasteiger partial charge in [-0.1, -0.05) is 52.3 Å². The molecule has 1 atom stereocenters. The fourth-order valence-corrected chi connectivity index (χ4v) is 2.55. The van der Waals surface area contributed by atoms with Gasteiger partial charge in [0.05, 0.1) is 0 Å². The van der Waals surface area contributed by atoms with Gasteiger partial charge < -0.3 is 5.32 Å². The summed E-state index contributed by atoms with van der Waals surface area (Å²) in [6.07, 6.45) is 0. The Labute approximate surface area is 117 Å². The molecule has 0 aliphatic rings. The first-order valence-corrected chi connectivity index (χ1v) is 6.99. The van der Waals surface area contributed by atoms with Gasteiger partial charge in [-0.25, -0.2) is 0 Å². The van der Waals surface area contributed by atoms with Crippen molar-refractivity contribution in [1.82, 2.24) is 5.32 Å². The van der Waals surface area contributed by atoms with Gasteiger partial charge in [0, 0.05) is 17.1 Å². The number of hydrogen-bond acceptors (Lipinski definition) is 1. The molecule has 1 N–H and O–H groups in total. The van der Waals surface area contributed by atoms with E-state index in [4.69, 9.17) is 0 Å². The van der Waals surface area contributed by atoms with Crippen LogP contribution in [0.4, 0.5) is 0 Å². The van der Waals surface area contributed by atoms with E-state index in [1.807, 2.05) is 6.07 Å². The van der Waals surface area contributed by atoms with Crippen LogP contribution in [0.1, 0.15) is 29.7 Å². The summed E-state index contributed by atoms with van der Waals surface area (Å²) in [5.74, 6) is 0. The summed E-state index contributed by atoms with van der Waals surface area (Å²) in [7, 11) is 0. The van der Waals surface area contributed by atoms with Gasteiger partial charge in [0.15, 0.2) is 0 Å². The van der Waals surface area contributed by atoms with Crippen LogP contribution in [0.15, 0.2) is 53.0 Å². The van der Waals surface area contributed by atoms with Crippen molar-refractivity contribution in [2.45, 2.75) is 26.4 Å².